The molecule has 1 unspecified atom stereocenters. The van der Waals surface area contributed by atoms with Crippen molar-refractivity contribution in [3.8, 4) is 11.5 Å². The molecule has 1 aromatic heterocycles. The van der Waals surface area contributed by atoms with Crippen LogP contribution in [0.15, 0.2) is 72.8 Å². The first kappa shape index (κ1) is 23.9. The van der Waals surface area contributed by atoms with Crippen LogP contribution in [0, 0.1) is 0 Å². The quantitative estimate of drug-likeness (QED) is 0.278. The molecule has 1 aliphatic rings. The molecule has 5 rings (SSSR count). The lowest BCUT2D eigenvalue weighted by Crippen LogP contribution is -2.24. The fourth-order valence-corrected chi connectivity index (χ4v) is 4.94. The van der Waals surface area contributed by atoms with E-state index in [-0.39, 0.29) is 11.8 Å². The summed E-state index contributed by atoms with van der Waals surface area (Å²) in [7, 11) is 1.65. The van der Waals surface area contributed by atoms with Crippen molar-refractivity contribution >= 4 is 22.6 Å². The maximum Gasteiger partial charge on any atom is 0.227 e. The van der Waals surface area contributed by atoms with Gasteiger partial charge in [0, 0.05) is 30.6 Å². The molecule has 2 heterocycles. The molecule has 6 nitrogen and oxygen atoms in total. The highest BCUT2D eigenvalue weighted by atomic mass is 16.5. The number of amides is 1. The van der Waals surface area contributed by atoms with Crippen LogP contribution in [0.5, 0.6) is 11.5 Å². The summed E-state index contributed by atoms with van der Waals surface area (Å²) >= 11 is 0. The van der Waals surface area contributed by atoms with Crippen molar-refractivity contribution in [1.82, 2.24) is 9.55 Å². The summed E-state index contributed by atoms with van der Waals surface area (Å²) < 4.78 is 13.5. The Labute approximate surface area is 212 Å². The summed E-state index contributed by atoms with van der Waals surface area (Å²) in [5, 5.41) is 0. The lowest BCUT2D eigenvalue weighted by atomic mass is 10.1. The normalized spacial score (nSPS) is 15.6. The van der Waals surface area contributed by atoms with Gasteiger partial charge < -0.3 is 18.9 Å². The van der Waals surface area contributed by atoms with Gasteiger partial charge in [-0.15, -0.1) is 0 Å². The highest BCUT2D eigenvalue weighted by molar-refractivity contribution is 5.96. The van der Waals surface area contributed by atoms with Crippen LogP contribution in [-0.2, 0) is 17.8 Å². The van der Waals surface area contributed by atoms with Gasteiger partial charge in [-0.2, -0.15) is 0 Å². The number of aromatic nitrogens is 2. The van der Waals surface area contributed by atoms with Crippen LogP contribution in [0.2, 0.25) is 0 Å². The van der Waals surface area contributed by atoms with Crippen LogP contribution < -0.4 is 14.4 Å². The van der Waals surface area contributed by atoms with E-state index in [0.29, 0.717) is 26.1 Å². The summed E-state index contributed by atoms with van der Waals surface area (Å²) in [6.45, 7) is 3.97. The Hall–Kier alpha value is -3.80. The van der Waals surface area contributed by atoms with E-state index in [1.807, 2.05) is 47.4 Å². The Kier molecular flexibility index (Phi) is 7.21. The molecule has 0 spiro atoms. The number of para-hydroxylation sites is 2. The fraction of sp³-hybridized carbons (Fsp3) is 0.333. The molecule has 36 heavy (non-hydrogen) atoms. The van der Waals surface area contributed by atoms with Gasteiger partial charge in [0.2, 0.25) is 5.91 Å². The van der Waals surface area contributed by atoms with Crippen molar-refractivity contribution < 1.29 is 14.3 Å². The van der Waals surface area contributed by atoms with Gasteiger partial charge in [-0.3, -0.25) is 4.79 Å². The molecule has 0 aliphatic carbocycles. The third-order valence-corrected chi connectivity index (χ3v) is 6.87. The lowest BCUT2D eigenvalue weighted by molar-refractivity contribution is -0.117. The van der Waals surface area contributed by atoms with Crippen LogP contribution in [0.3, 0.4) is 0 Å². The zero-order valence-electron chi connectivity index (χ0n) is 21.0. The van der Waals surface area contributed by atoms with Gasteiger partial charge in [0.15, 0.2) is 0 Å². The number of carbonyl (C=O) groups is 1. The monoisotopic (exact) mass is 483 g/mol. The highest BCUT2D eigenvalue weighted by Crippen LogP contribution is 2.33. The maximum absolute atomic E-state index is 13.1. The van der Waals surface area contributed by atoms with Crippen LogP contribution in [-0.4, -0.2) is 35.7 Å². The predicted octanol–water partition coefficient (Wildman–Crippen LogP) is 5.99. The molecule has 1 amide bonds. The zero-order chi connectivity index (χ0) is 24.9. The van der Waals surface area contributed by atoms with Crippen molar-refractivity contribution in [3.63, 3.8) is 0 Å². The zero-order valence-corrected chi connectivity index (χ0v) is 21.0. The second-order valence-electron chi connectivity index (χ2n) is 9.31. The second-order valence-corrected chi connectivity index (χ2v) is 9.31. The third kappa shape index (κ3) is 5.08. The Morgan fingerprint density at radius 2 is 1.81 bits per heavy atom. The number of carbonyl (C=O) groups excluding carboxylic acids is 1. The number of methoxy groups -OCH3 is 1. The Bertz CT molecular complexity index is 1330. The van der Waals surface area contributed by atoms with E-state index >= 15 is 0 Å². The fourth-order valence-electron chi connectivity index (χ4n) is 4.94. The molecule has 1 atom stereocenters. The third-order valence-electron chi connectivity index (χ3n) is 6.87. The summed E-state index contributed by atoms with van der Waals surface area (Å²) in [6, 6.07) is 24.2. The Morgan fingerprint density at radius 3 is 2.61 bits per heavy atom. The van der Waals surface area contributed by atoms with E-state index in [2.05, 4.69) is 41.8 Å². The summed E-state index contributed by atoms with van der Waals surface area (Å²) in [5.41, 5.74) is 4.29. The van der Waals surface area contributed by atoms with Crippen molar-refractivity contribution in [2.45, 2.75) is 45.1 Å². The molecular formula is C30H33N3O3. The second kappa shape index (κ2) is 10.9. The summed E-state index contributed by atoms with van der Waals surface area (Å²) in [5.74, 6) is 2.66. The molecule has 0 N–H and O–H groups in total. The first-order valence-electron chi connectivity index (χ1n) is 12.8. The van der Waals surface area contributed by atoms with Gasteiger partial charge in [0.05, 0.1) is 24.7 Å². The van der Waals surface area contributed by atoms with Crippen molar-refractivity contribution in [2.24, 2.45) is 0 Å². The SMILES string of the molecule is CCCCc1ccc(N2CC(c3nc4ccccc4n3CCOc3cccc(OC)c3)CC2=O)cc1. The summed E-state index contributed by atoms with van der Waals surface area (Å²) in [4.78, 5) is 19.9. The number of aryl methyl sites for hydroxylation is 1. The van der Waals surface area contributed by atoms with E-state index in [1.165, 1.54) is 18.4 Å². The average molecular weight is 484 g/mol. The van der Waals surface area contributed by atoms with Gasteiger partial charge in [-0.05, 0) is 54.8 Å². The molecule has 4 aromatic rings. The molecule has 6 heteroatoms. The number of nitrogens with zero attached hydrogens (tertiary/aromatic N) is 3. The molecule has 3 aromatic carbocycles. The van der Waals surface area contributed by atoms with Crippen molar-refractivity contribution in [2.75, 3.05) is 25.2 Å². The van der Waals surface area contributed by atoms with Gasteiger partial charge >= 0.3 is 0 Å². The maximum atomic E-state index is 13.1. The smallest absolute Gasteiger partial charge is 0.227 e. The molecule has 1 aliphatic heterocycles. The first-order chi connectivity index (χ1) is 17.7. The van der Waals surface area contributed by atoms with Crippen molar-refractivity contribution in [1.29, 1.82) is 0 Å². The number of hydrogen-bond acceptors (Lipinski definition) is 4. The van der Waals surface area contributed by atoms with Crippen molar-refractivity contribution in [3.05, 3.63) is 84.2 Å². The minimum Gasteiger partial charge on any atom is -0.497 e. The number of rotatable bonds is 10. The largest absolute Gasteiger partial charge is 0.497 e. The molecule has 0 bridgehead atoms. The minimum absolute atomic E-state index is 0.0292. The number of ether oxygens (including phenoxy) is 2. The van der Waals surface area contributed by atoms with Crippen LogP contribution in [0.4, 0.5) is 5.69 Å². The number of hydrogen-bond donors (Lipinski definition) is 0. The highest BCUT2D eigenvalue weighted by Gasteiger charge is 2.34. The molecule has 1 saturated heterocycles. The van der Waals surface area contributed by atoms with Gasteiger partial charge in [0.1, 0.15) is 23.9 Å². The van der Waals surface area contributed by atoms with E-state index in [4.69, 9.17) is 14.5 Å². The van der Waals surface area contributed by atoms with E-state index in [1.54, 1.807) is 7.11 Å². The van der Waals surface area contributed by atoms with Gasteiger partial charge in [-0.25, -0.2) is 4.98 Å². The van der Waals surface area contributed by atoms with Crippen LogP contribution in [0.1, 0.15) is 43.5 Å². The molecular weight excluding hydrogens is 450 g/mol. The molecule has 0 radical (unpaired) electrons. The van der Waals surface area contributed by atoms with E-state index in [0.717, 1.165) is 40.5 Å². The van der Waals surface area contributed by atoms with Crippen LogP contribution >= 0.6 is 0 Å². The predicted molar refractivity (Wildman–Crippen MR) is 143 cm³/mol. The minimum atomic E-state index is 0.0292. The Balaban J connectivity index is 1.34. The summed E-state index contributed by atoms with van der Waals surface area (Å²) in [6.07, 6.45) is 3.90. The molecule has 186 valence electrons. The number of benzene rings is 3. The number of unbranched alkanes of at least 4 members (excludes halogenated alkanes) is 1. The number of imidazole rings is 1. The number of fused-ring (bicyclic) bond motifs is 1. The van der Waals surface area contributed by atoms with Crippen LogP contribution in [0.25, 0.3) is 11.0 Å². The number of anilines is 1. The van der Waals surface area contributed by atoms with Gasteiger partial charge in [-0.1, -0.05) is 43.7 Å². The Morgan fingerprint density at radius 1 is 1.00 bits per heavy atom. The van der Waals surface area contributed by atoms with E-state index < -0.39 is 0 Å². The topological polar surface area (TPSA) is 56.6 Å². The standard InChI is InChI=1S/C30H33N3O3/c1-3-4-8-22-13-15-24(16-14-22)33-21-23(19-29(33)34)30-31-27-11-5-6-12-28(27)32(30)17-18-36-26-10-7-9-25(20-26)35-2/h5-7,9-16,20,23H,3-4,8,17-19,21H2,1-2H3. The van der Waals surface area contributed by atoms with Gasteiger partial charge in [0.25, 0.3) is 0 Å². The first-order valence-corrected chi connectivity index (χ1v) is 12.8. The molecule has 1 fully saturated rings. The van der Waals surface area contributed by atoms with E-state index in [9.17, 15) is 4.79 Å². The average Bonchev–Trinajstić information content (AvgIpc) is 3.48. The molecule has 0 saturated carbocycles. The lowest BCUT2D eigenvalue weighted by Gasteiger charge is -2.18.